The van der Waals surface area contributed by atoms with Gasteiger partial charge in [-0.25, -0.2) is 14.8 Å². The number of rotatable bonds is 4. The van der Waals surface area contributed by atoms with Gasteiger partial charge in [0, 0.05) is 43.5 Å². The van der Waals surface area contributed by atoms with Crippen LogP contribution in [0.15, 0.2) is 67.0 Å². The number of hydrogen-bond acceptors (Lipinski definition) is 5. The van der Waals surface area contributed by atoms with Crippen molar-refractivity contribution in [2.45, 2.75) is 0 Å². The highest BCUT2D eigenvalue weighted by Gasteiger charge is 2.22. The first-order valence-corrected chi connectivity index (χ1v) is 9.55. The molecule has 2 heterocycles. The standard InChI is InChI=1S/C22H23N5O2/c1-29-19-9-7-17(8-10-19)20-15-21(24-16-23-20)26-11-13-27(14-12-26)22(28)25-18-5-3-2-4-6-18/h2-10,15-16H,11-14H2,1H3,(H,25,28). The van der Waals surface area contributed by atoms with E-state index in [4.69, 9.17) is 4.74 Å². The Morgan fingerprint density at radius 2 is 1.69 bits per heavy atom. The maximum absolute atomic E-state index is 12.5. The van der Waals surface area contributed by atoms with Gasteiger partial charge in [0.25, 0.3) is 0 Å². The fraction of sp³-hybridized carbons (Fsp3) is 0.227. The van der Waals surface area contributed by atoms with Crippen molar-refractivity contribution in [3.05, 3.63) is 67.0 Å². The summed E-state index contributed by atoms with van der Waals surface area (Å²) in [6.45, 7) is 2.73. The first-order chi connectivity index (χ1) is 14.2. The van der Waals surface area contributed by atoms with Gasteiger partial charge in [0.2, 0.25) is 0 Å². The Labute approximate surface area is 170 Å². The van der Waals surface area contributed by atoms with E-state index in [-0.39, 0.29) is 6.03 Å². The van der Waals surface area contributed by atoms with Gasteiger partial charge in [0.1, 0.15) is 17.9 Å². The third-order valence-electron chi connectivity index (χ3n) is 4.95. The molecule has 0 aliphatic carbocycles. The van der Waals surface area contributed by atoms with Crippen LogP contribution in [-0.4, -0.2) is 54.2 Å². The van der Waals surface area contributed by atoms with E-state index in [1.807, 2.05) is 65.6 Å². The van der Waals surface area contributed by atoms with Crippen LogP contribution in [0, 0.1) is 0 Å². The predicted molar refractivity (Wildman–Crippen MR) is 113 cm³/mol. The maximum Gasteiger partial charge on any atom is 0.321 e. The molecule has 1 N–H and O–H groups in total. The van der Waals surface area contributed by atoms with Gasteiger partial charge >= 0.3 is 6.03 Å². The van der Waals surface area contributed by atoms with Gasteiger partial charge in [-0.15, -0.1) is 0 Å². The van der Waals surface area contributed by atoms with Crippen molar-refractivity contribution in [1.82, 2.24) is 14.9 Å². The minimum Gasteiger partial charge on any atom is -0.497 e. The fourth-order valence-corrected chi connectivity index (χ4v) is 3.30. The molecule has 0 spiro atoms. The van der Waals surface area contributed by atoms with Crippen molar-refractivity contribution in [3.8, 4) is 17.0 Å². The summed E-state index contributed by atoms with van der Waals surface area (Å²) in [7, 11) is 1.65. The van der Waals surface area contributed by atoms with Gasteiger partial charge in [0.05, 0.1) is 12.8 Å². The van der Waals surface area contributed by atoms with Crippen LogP contribution in [0.25, 0.3) is 11.3 Å². The van der Waals surface area contributed by atoms with Crippen molar-refractivity contribution >= 4 is 17.5 Å². The summed E-state index contributed by atoms with van der Waals surface area (Å²) in [5, 5.41) is 2.94. The summed E-state index contributed by atoms with van der Waals surface area (Å²) in [6.07, 6.45) is 1.59. The van der Waals surface area contributed by atoms with Gasteiger partial charge in [-0.2, -0.15) is 0 Å². The normalized spacial score (nSPS) is 13.8. The fourth-order valence-electron chi connectivity index (χ4n) is 3.30. The molecular formula is C22H23N5O2. The molecule has 0 radical (unpaired) electrons. The van der Waals surface area contributed by atoms with Crippen LogP contribution in [0.4, 0.5) is 16.3 Å². The SMILES string of the molecule is COc1ccc(-c2cc(N3CCN(C(=O)Nc4ccccc4)CC3)ncn2)cc1. The van der Waals surface area contributed by atoms with Gasteiger partial charge in [-0.1, -0.05) is 18.2 Å². The molecule has 1 saturated heterocycles. The third kappa shape index (κ3) is 4.45. The molecule has 2 amide bonds. The number of urea groups is 1. The van der Waals surface area contributed by atoms with Crippen LogP contribution in [0.3, 0.4) is 0 Å². The molecule has 29 heavy (non-hydrogen) atoms. The lowest BCUT2D eigenvalue weighted by Crippen LogP contribution is -2.50. The average molecular weight is 389 g/mol. The third-order valence-corrected chi connectivity index (χ3v) is 4.95. The number of piperazine rings is 1. The largest absolute Gasteiger partial charge is 0.497 e. The van der Waals surface area contributed by atoms with E-state index < -0.39 is 0 Å². The van der Waals surface area contributed by atoms with Crippen molar-refractivity contribution < 1.29 is 9.53 Å². The first-order valence-electron chi connectivity index (χ1n) is 9.55. The lowest BCUT2D eigenvalue weighted by molar-refractivity contribution is 0.208. The summed E-state index contributed by atoms with van der Waals surface area (Å²) in [4.78, 5) is 25.3. The molecule has 1 aliphatic rings. The number of nitrogens with one attached hydrogen (secondary N) is 1. The number of hydrogen-bond donors (Lipinski definition) is 1. The Balaban J connectivity index is 1.39. The molecule has 7 nitrogen and oxygen atoms in total. The van der Waals surface area contributed by atoms with Crippen molar-refractivity contribution in [3.63, 3.8) is 0 Å². The average Bonchev–Trinajstić information content (AvgIpc) is 2.80. The molecule has 1 fully saturated rings. The molecule has 0 atom stereocenters. The Bertz CT molecular complexity index is 954. The molecule has 1 aromatic heterocycles. The number of amides is 2. The molecule has 3 aromatic rings. The second-order valence-electron chi connectivity index (χ2n) is 6.76. The molecule has 2 aromatic carbocycles. The van der Waals surface area contributed by atoms with Crippen LogP contribution in [-0.2, 0) is 0 Å². The predicted octanol–water partition coefficient (Wildman–Crippen LogP) is 3.51. The van der Waals surface area contributed by atoms with E-state index in [0.29, 0.717) is 13.1 Å². The van der Waals surface area contributed by atoms with E-state index in [2.05, 4.69) is 20.2 Å². The van der Waals surface area contributed by atoms with E-state index >= 15 is 0 Å². The number of para-hydroxylation sites is 1. The summed E-state index contributed by atoms with van der Waals surface area (Å²) < 4.78 is 5.21. The summed E-state index contributed by atoms with van der Waals surface area (Å²) in [5.41, 5.74) is 2.68. The van der Waals surface area contributed by atoms with E-state index in [1.54, 1.807) is 13.4 Å². The van der Waals surface area contributed by atoms with E-state index in [1.165, 1.54) is 0 Å². The van der Waals surface area contributed by atoms with Crippen LogP contribution >= 0.6 is 0 Å². The minimum atomic E-state index is -0.0718. The number of benzene rings is 2. The zero-order chi connectivity index (χ0) is 20.1. The van der Waals surface area contributed by atoms with Crippen LogP contribution in [0.1, 0.15) is 0 Å². The highest BCUT2D eigenvalue weighted by molar-refractivity contribution is 5.89. The summed E-state index contributed by atoms with van der Waals surface area (Å²) in [6, 6.07) is 19.2. The highest BCUT2D eigenvalue weighted by atomic mass is 16.5. The van der Waals surface area contributed by atoms with Crippen molar-refractivity contribution in [1.29, 1.82) is 0 Å². The Kier molecular flexibility index (Phi) is 5.56. The molecule has 0 bridgehead atoms. The maximum atomic E-state index is 12.5. The molecule has 1 aliphatic heterocycles. The number of ether oxygens (including phenoxy) is 1. The van der Waals surface area contributed by atoms with Crippen molar-refractivity contribution in [2.75, 3.05) is 43.5 Å². The summed E-state index contributed by atoms with van der Waals surface area (Å²) in [5.74, 6) is 1.68. The van der Waals surface area contributed by atoms with Gasteiger partial charge in [-0.3, -0.25) is 0 Å². The quantitative estimate of drug-likeness (QED) is 0.739. The zero-order valence-electron chi connectivity index (χ0n) is 16.3. The minimum absolute atomic E-state index is 0.0718. The molecule has 148 valence electrons. The lowest BCUT2D eigenvalue weighted by Gasteiger charge is -2.35. The van der Waals surface area contributed by atoms with Crippen LogP contribution < -0.4 is 15.0 Å². The number of carbonyl (C=O) groups is 1. The zero-order valence-corrected chi connectivity index (χ0v) is 16.3. The number of nitrogens with zero attached hydrogens (tertiary/aromatic N) is 4. The number of anilines is 2. The summed E-state index contributed by atoms with van der Waals surface area (Å²) >= 11 is 0. The monoisotopic (exact) mass is 389 g/mol. The first kappa shape index (κ1) is 18.7. The van der Waals surface area contributed by atoms with Crippen molar-refractivity contribution in [2.24, 2.45) is 0 Å². The molecule has 0 saturated carbocycles. The second kappa shape index (κ2) is 8.60. The number of carbonyl (C=O) groups excluding carboxylic acids is 1. The van der Waals surface area contributed by atoms with Crippen LogP contribution in [0.2, 0.25) is 0 Å². The molecular weight excluding hydrogens is 366 g/mol. The topological polar surface area (TPSA) is 70.6 Å². The van der Waals surface area contributed by atoms with Crippen LogP contribution in [0.5, 0.6) is 5.75 Å². The van der Waals surface area contributed by atoms with Gasteiger partial charge in [-0.05, 0) is 36.4 Å². The molecule has 4 rings (SSSR count). The number of methoxy groups -OCH3 is 1. The van der Waals surface area contributed by atoms with E-state index in [0.717, 1.165) is 41.6 Å². The Morgan fingerprint density at radius 3 is 2.38 bits per heavy atom. The highest BCUT2D eigenvalue weighted by Crippen LogP contribution is 2.23. The molecule has 7 heteroatoms. The van der Waals surface area contributed by atoms with E-state index in [9.17, 15) is 4.79 Å². The lowest BCUT2D eigenvalue weighted by atomic mass is 10.1. The Morgan fingerprint density at radius 1 is 0.966 bits per heavy atom. The molecule has 0 unspecified atom stereocenters. The van der Waals surface area contributed by atoms with Gasteiger partial charge in [0.15, 0.2) is 0 Å². The van der Waals surface area contributed by atoms with Gasteiger partial charge < -0.3 is 19.9 Å². The Hall–Kier alpha value is -3.61. The second-order valence-corrected chi connectivity index (χ2v) is 6.76. The smallest absolute Gasteiger partial charge is 0.321 e. The number of aromatic nitrogens is 2.